The van der Waals surface area contributed by atoms with Crippen LogP contribution in [0, 0.1) is 0 Å². The summed E-state index contributed by atoms with van der Waals surface area (Å²) in [7, 11) is 0. The highest BCUT2D eigenvalue weighted by molar-refractivity contribution is 6.32. The highest BCUT2D eigenvalue weighted by atomic mass is 15.1. The lowest BCUT2D eigenvalue weighted by Gasteiger charge is -2.15. The Bertz CT molecular complexity index is 2550. The average molecular weight is 559 g/mol. The van der Waals surface area contributed by atoms with Crippen LogP contribution in [0.5, 0.6) is 0 Å². The third-order valence-electron chi connectivity index (χ3n) is 9.56. The monoisotopic (exact) mass is 558 g/mol. The van der Waals surface area contributed by atoms with Gasteiger partial charge in [0.05, 0.1) is 11.0 Å². The van der Waals surface area contributed by atoms with E-state index >= 15 is 0 Å². The van der Waals surface area contributed by atoms with E-state index in [0.717, 1.165) is 34.5 Å². The molecule has 0 amide bonds. The second kappa shape index (κ2) is 8.89. The summed E-state index contributed by atoms with van der Waals surface area (Å²) in [5.41, 5.74) is 12.4. The van der Waals surface area contributed by atoms with E-state index in [1.165, 1.54) is 65.7 Å². The first-order valence-electron chi connectivity index (χ1n) is 15.3. The van der Waals surface area contributed by atoms with E-state index in [1.54, 1.807) is 0 Å². The molecule has 1 aliphatic rings. The van der Waals surface area contributed by atoms with Gasteiger partial charge in [0, 0.05) is 22.0 Å². The molecule has 1 aromatic heterocycles. The van der Waals surface area contributed by atoms with Crippen LogP contribution in [0.3, 0.4) is 0 Å². The maximum absolute atomic E-state index is 5.44. The van der Waals surface area contributed by atoms with Gasteiger partial charge >= 0.3 is 0 Å². The Labute approximate surface area is 254 Å². The van der Waals surface area contributed by atoms with Crippen molar-refractivity contribution in [1.82, 2.24) is 9.55 Å². The SMILES string of the molecule is c1ccc(-n2c(-c3ccc(-c4ccc5c(c4)Cc4ccccc4-5)cc3)nc3c4cccc5ccc6cccc(c6c54)c32)cc1. The molecule has 2 nitrogen and oxygen atoms in total. The van der Waals surface area contributed by atoms with Crippen LogP contribution in [-0.2, 0) is 6.42 Å². The van der Waals surface area contributed by atoms with Gasteiger partial charge in [0.25, 0.3) is 0 Å². The molecule has 0 spiro atoms. The lowest BCUT2D eigenvalue weighted by Crippen LogP contribution is -1.98. The number of hydrogen-bond donors (Lipinski definition) is 0. The lowest BCUT2D eigenvalue weighted by molar-refractivity contribution is 1.11. The second-order valence-electron chi connectivity index (χ2n) is 12.0. The predicted molar refractivity (Wildman–Crippen MR) is 184 cm³/mol. The van der Waals surface area contributed by atoms with Gasteiger partial charge in [-0.3, -0.25) is 4.57 Å². The minimum absolute atomic E-state index is 0.957. The smallest absolute Gasteiger partial charge is 0.145 e. The maximum atomic E-state index is 5.44. The van der Waals surface area contributed by atoms with Gasteiger partial charge in [-0.15, -0.1) is 0 Å². The molecule has 2 heteroatoms. The molecular weight excluding hydrogens is 532 g/mol. The van der Waals surface area contributed by atoms with Crippen LogP contribution in [0.15, 0.2) is 146 Å². The third-order valence-corrected chi connectivity index (χ3v) is 9.56. The van der Waals surface area contributed by atoms with Crippen LogP contribution in [0.25, 0.3) is 82.7 Å². The number of rotatable bonds is 3. The molecule has 9 aromatic rings. The molecule has 0 N–H and O–H groups in total. The summed E-state index contributed by atoms with van der Waals surface area (Å²) in [5.74, 6) is 0.957. The number of aromatic nitrogens is 2. The van der Waals surface area contributed by atoms with Crippen molar-refractivity contribution in [2.24, 2.45) is 0 Å². The minimum Gasteiger partial charge on any atom is -0.292 e. The Morgan fingerprint density at radius 1 is 0.477 bits per heavy atom. The molecule has 44 heavy (non-hydrogen) atoms. The van der Waals surface area contributed by atoms with Gasteiger partial charge in [0.2, 0.25) is 0 Å². The first kappa shape index (κ1) is 23.8. The van der Waals surface area contributed by atoms with E-state index in [-0.39, 0.29) is 0 Å². The molecule has 1 aliphatic carbocycles. The Morgan fingerprint density at radius 3 is 1.95 bits per heavy atom. The Morgan fingerprint density at radius 2 is 1.14 bits per heavy atom. The van der Waals surface area contributed by atoms with Crippen LogP contribution in [-0.4, -0.2) is 9.55 Å². The first-order chi connectivity index (χ1) is 21.8. The molecule has 0 saturated heterocycles. The highest BCUT2D eigenvalue weighted by Crippen LogP contribution is 2.43. The molecule has 10 rings (SSSR count). The van der Waals surface area contributed by atoms with Crippen molar-refractivity contribution < 1.29 is 0 Å². The van der Waals surface area contributed by atoms with Crippen molar-refractivity contribution in [1.29, 1.82) is 0 Å². The fourth-order valence-corrected chi connectivity index (χ4v) is 7.57. The predicted octanol–water partition coefficient (Wildman–Crippen LogP) is 10.8. The molecule has 0 unspecified atom stereocenters. The quantitative estimate of drug-likeness (QED) is 0.197. The topological polar surface area (TPSA) is 17.8 Å². The minimum atomic E-state index is 0.957. The average Bonchev–Trinajstić information content (AvgIpc) is 3.67. The van der Waals surface area contributed by atoms with Crippen LogP contribution in [0.4, 0.5) is 0 Å². The number of hydrogen-bond acceptors (Lipinski definition) is 1. The largest absolute Gasteiger partial charge is 0.292 e. The van der Waals surface area contributed by atoms with Crippen LogP contribution in [0.2, 0.25) is 0 Å². The fourth-order valence-electron chi connectivity index (χ4n) is 7.57. The standard InChI is InChI=1S/C42H26N2/c1-2-11-33(12-3-1)44-41-37-15-7-10-28-19-18-27-9-6-14-36(38(27)39(28)37)40(41)43-42(44)29-20-16-26(17-21-29)30-22-23-35-32(24-30)25-31-8-4-5-13-34(31)35/h1-24H,25H2. The van der Waals surface area contributed by atoms with E-state index in [2.05, 4.69) is 150 Å². The summed E-state index contributed by atoms with van der Waals surface area (Å²) in [6, 6.07) is 53.1. The van der Waals surface area contributed by atoms with Crippen LogP contribution >= 0.6 is 0 Å². The number of imidazole rings is 1. The summed E-state index contributed by atoms with van der Waals surface area (Å²) in [4.78, 5) is 5.44. The van der Waals surface area contributed by atoms with Gasteiger partial charge in [0.15, 0.2) is 0 Å². The maximum Gasteiger partial charge on any atom is 0.145 e. The fraction of sp³-hybridized carbons (Fsp3) is 0.0238. The third kappa shape index (κ3) is 3.28. The van der Waals surface area contributed by atoms with E-state index in [0.29, 0.717) is 0 Å². The summed E-state index contributed by atoms with van der Waals surface area (Å²) >= 11 is 0. The van der Waals surface area contributed by atoms with Crippen molar-refractivity contribution in [3.8, 4) is 39.3 Å². The van der Waals surface area contributed by atoms with Crippen molar-refractivity contribution in [2.45, 2.75) is 6.42 Å². The summed E-state index contributed by atoms with van der Waals surface area (Å²) in [6.07, 6.45) is 0.999. The van der Waals surface area contributed by atoms with E-state index < -0.39 is 0 Å². The Kier molecular flexibility index (Phi) is 4.81. The summed E-state index contributed by atoms with van der Waals surface area (Å²) < 4.78 is 2.36. The molecule has 0 radical (unpaired) electrons. The number of fused-ring (bicyclic) bond motifs is 6. The highest BCUT2D eigenvalue weighted by Gasteiger charge is 2.22. The number of para-hydroxylation sites is 1. The van der Waals surface area contributed by atoms with Crippen molar-refractivity contribution in [3.63, 3.8) is 0 Å². The zero-order valence-corrected chi connectivity index (χ0v) is 24.0. The summed E-state index contributed by atoms with van der Waals surface area (Å²) in [5, 5.41) is 7.56. The number of nitrogens with zero attached hydrogens (tertiary/aromatic N) is 2. The van der Waals surface area contributed by atoms with Crippen LogP contribution < -0.4 is 0 Å². The summed E-state index contributed by atoms with van der Waals surface area (Å²) in [6.45, 7) is 0. The van der Waals surface area contributed by atoms with Crippen LogP contribution in [0.1, 0.15) is 11.1 Å². The van der Waals surface area contributed by atoms with E-state index in [4.69, 9.17) is 4.98 Å². The van der Waals surface area contributed by atoms with E-state index in [1.807, 2.05) is 0 Å². The Hall–Kier alpha value is -5.73. The Balaban J connectivity index is 1.19. The zero-order chi connectivity index (χ0) is 28.8. The molecule has 0 aliphatic heterocycles. The van der Waals surface area contributed by atoms with Crippen molar-refractivity contribution in [2.75, 3.05) is 0 Å². The first-order valence-corrected chi connectivity index (χ1v) is 15.3. The van der Waals surface area contributed by atoms with Gasteiger partial charge in [-0.2, -0.15) is 0 Å². The molecular formula is C42H26N2. The molecule has 0 bridgehead atoms. The normalized spacial score (nSPS) is 12.5. The molecule has 8 aromatic carbocycles. The van der Waals surface area contributed by atoms with E-state index in [9.17, 15) is 0 Å². The van der Waals surface area contributed by atoms with Crippen molar-refractivity contribution in [3.05, 3.63) is 157 Å². The molecule has 0 fully saturated rings. The van der Waals surface area contributed by atoms with Crippen molar-refractivity contribution >= 4 is 43.4 Å². The molecule has 204 valence electrons. The molecule has 0 atom stereocenters. The molecule has 0 saturated carbocycles. The zero-order valence-electron chi connectivity index (χ0n) is 24.0. The van der Waals surface area contributed by atoms with Gasteiger partial charge in [-0.05, 0) is 73.5 Å². The van der Waals surface area contributed by atoms with Gasteiger partial charge in [-0.1, -0.05) is 133 Å². The molecule has 1 heterocycles. The lowest BCUT2D eigenvalue weighted by atomic mass is 9.93. The second-order valence-corrected chi connectivity index (χ2v) is 12.0. The number of benzene rings is 8. The van der Waals surface area contributed by atoms with Gasteiger partial charge in [0.1, 0.15) is 5.82 Å². The van der Waals surface area contributed by atoms with Gasteiger partial charge in [-0.25, -0.2) is 4.98 Å². The van der Waals surface area contributed by atoms with Gasteiger partial charge < -0.3 is 0 Å².